The van der Waals surface area contributed by atoms with Gasteiger partial charge in [-0.15, -0.1) is 0 Å². The van der Waals surface area contributed by atoms with Gasteiger partial charge in [-0.3, -0.25) is 4.79 Å². The molecule has 1 aliphatic heterocycles. The molecule has 5 rings (SSSR count). The summed E-state index contributed by atoms with van der Waals surface area (Å²) in [6.45, 7) is 0.255. The fourth-order valence-corrected chi connectivity index (χ4v) is 6.64. The van der Waals surface area contributed by atoms with E-state index in [1.54, 1.807) is 18.2 Å². The third-order valence-corrected chi connectivity index (χ3v) is 9.30. The number of nitrogens with one attached hydrogen (secondary N) is 1. The Morgan fingerprint density at radius 3 is 2.36 bits per heavy atom. The molecule has 1 saturated carbocycles. The lowest BCUT2D eigenvalue weighted by molar-refractivity contribution is -0.143. The lowest BCUT2D eigenvalue weighted by atomic mass is 10.0. The van der Waals surface area contributed by atoms with Crippen LogP contribution in [0.5, 0.6) is 5.75 Å². The van der Waals surface area contributed by atoms with Gasteiger partial charge >= 0.3 is 0 Å². The highest BCUT2D eigenvalue weighted by Gasteiger charge is 2.50. The van der Waals surface area contributed by atoms with E-state index in [0.717, 1.165) is 43.2 Å². The Hall–Kier alpha value is -2.60. The monoisotopic (exact) mass is 621 g/mol. The van der Waals surface area contributed by atoms with E-state index in [2.05, 4.69) is 15.9 Å². The van der Waals surface area contributed by atoms with Crippen LogP contribution in [0.4, 0.5) is 8.78 Å². The van der Waals surface area contributed by atoms with Crippen molar-refractivity contribution in [1.29, 1.82) is 0 Å². The third-order valence-electron chi connectivity index (χ3n) is 7.35. The molecule has 0 aromatic heterocycles. The Morgan fingerprint density at radius 2 is 1.69 bits per heavy atom. The number of benzene rings is 3. The van der Waals surface area contributed by atoms with E-state index in [0.29, 0.717) is 22.0 Å². The summed E-state index contributed by atoms with van der Waals surface area (Å²) in [4.78, 5) is 14.3. The van der Waals surface area contributed by atoms with Crippen molar-refractivity contribution in [3.63, 3.8) is 0 Å². The second-order valence-electron chi connectivity index (χ2n) is 10.2. The Bertz CT molecular complexity index is 1460. The number of ether oxygens (including phenoxy) is 1. The van der Waals surface area contributed by atoms with Gasteiger partial charge in [-0.2, -0.15) is 13.5 Å². The molecule has 7 nitrogen and oxygen atoms in total. The predicted molar refractivity (Wildman–Crippen MR) is 148 cm³/mol. The molecule has 0 unspecified atom stereocenters. The number of likely N-dealkylation sites (tertiary alicyclic amines) is 1. The summed E-state index contributed by atoms with van der Waals surface area (Å²) in [5, 5.41) is 1.35. The molecule has 3 N–H and O–H groups in total. The van der Waals surface area contributed by atoms with Crippen LogP contribution < -0.4 is 15.2 Å². The third kappa shape index (κ3) is 6.11. The minimum atomic E-state index is -4.52. The van der Waals surface area contributed by atoms with Crippen LogP contribution in [-0.4, -0.2) is 50.5 Å². The number of sulfonamides is 1. The van der Waals surface area contributed by atoms with E-state index in [-0.39, 0.29) is 30.1 Å². The minimum Gasteiger partial charge on any atom is -0.490 e. The van der Waals surface area contributed by atoms with E-state index < -0.39 is 33.5 Å². The lowest BCUT2D eigenvalue weighted by Gasteiger charge is -2.30. The van der Waals surface area contributed by atoms with Crippen molar-refractivity contribution in [1.82, 2.24) is 9.62 Å². The average molecular weight is 623 g/mol. The van der Waals surface area contributed by atoms with Gasteiger partial charge < -0.3 is 15.4 Å². The molecule has 2 aliphatic rings. The number of halogens is 3. The van der Waals surface area contributed by atoms with Crippen LogP contribution in [0.1, 0.15) is 37.7 Å². The molecule has 2 atom stereocenters. The average Bonchev–Trinajstić information content (AvgIpc) is 3.58. The standard InChI is InChI=1S/C28H30BrF2N3O4S/c29-21-9-7-20(8-10-21)28(30,31)26(27(35)34-14-13-22(32)17-34)33-39(36,37)25-12-6-18-15-24(11-5-19(18)16-25)38-23-3-1-2-4-23/h5-12,15-16,22-23,26,33H,1-4,13-14,17,32H2/t22-,26+/m0/s1. The molecule has 208 valence electrons. The van der Waals surface area contributed by atoms with Crippen LogP contribution in [-0.2, 0) is 20.7 Å². The van der Waals surface area contributed by atoms with E-state index in [9.17, 15) is 13.2 Å². The molecule has 2 fully saturated rings. The Labute approximate surface area is 234 Å². The number of carbonyl (C=O) groups is 1. The Kier molecular flexibility index (Phi) is 7.96. The van der Waals surface area contributed by atoms with Gasteiger partial charge in [-0.25, -0.2) is 8.42 Å². The zero-order valence-electron chi connectivity index (χ0n) is 21.2. The van der Waals surface area contributed by atoms with E-state index in [1.165, 1.54) is 29.2 Å². The van der Waals surface area contributed by atoms with Crippen LogP contribution in [0.25, 0.3) is 10.8 Å². The zero-order chi connectivity index (χ0) is 27.8. The number of hydrogen-bond acceptors (Lipinski definition) is 5. The quantitative estimate of drug-likeness (QED) is 0.372. The van der Waals surface area contributed by atoms with Gasteiger partial charge in [0.25, 0.3) is 5.92 Å². The molecule has 39 heavy (non-hydrogen) atoms. The first-order valence-corrected chi connectivity index (χ1v) is 15.2. The van der Waals surface area contributed by atoms with Gasteiger partial charge in [0.15, 0.2) is 6.04 Å². The summed E-state index contributed by atoms with van der Waals surface area (Å²) in [6.07, 6.45) is 4.93. The highest BCUT2D eigenvalue weighted by atomic mass is 79.9. The fraction of sp³-hybridized carbons (Fsp3) is 0.393. The molecule has 3 aromatic rings. The topological polar surface area (TPSA) is 102 Å². The Morgan fingerprint density at radius 1 is 1.03 bits per heavy atom. The van der Waals surface area contributed by atoms with Crippen LogP contribution in [0.2, 0.25) is 0 Å². The van der Waals surface area contributed by atoms with Gasteiger partial charge in [0.1, 0.15) is 5.75 Å². The van der Waals surface area contributed by atoms with E-state index in [1.807, 2.05) is 10.8 Å². The number of nitrogens with zero attached hydrogens (tertiary/aromatic N) is 1. The van der Waals surface area contributed by atoms with Gasteiger partial charge in [-0.05, 0) is 79.3 Å². The second kappa shape index (κ2) is 11.1. The molecule has 1 heterocycles. The maximum atomic E-state index is 15.8. The number of carbonyl (C=O) groups excluding carboxylic acids is 1. The summed E-state index contributed by atoms with van der Waals surface area (Å²) in [6, 6.07) is 12.2. The smallest absolute Gasteiger partial charge is 0.298 e. The molecule has 1 amide bonds. The van der Waals surface area contributed by atoms with Crippen molar-refractivity contribution in [2.75, 3.05) is 13.1 Å². The summed E-state index contributed by atoms with van der Waals surface area (Å²) < 4.78 is 67.2. The van der Waals surface area contributed by atoms with E-state index >= 15 is 8.78 Å². The number of nitrogens with two attached hydrogens (primary N) is 1. The molecule has 0 spiro atoms. The van der Waals surface area contributed by atoms with Crippen molar-refractivity contribution in [3.8, 4) is 5.75 Å². The number of alkyl halides is 2. The largest absolute Gasteiger partial charge is 0.490 e. The molecule has 1 saturated heterocycles. The molecule has 1 aliphatic carbocycles. The second-order valence-corrected chi connectivity index (χ2v) is 12.8. The Balaban J connectivity index is 1.44. The highest BCUT2D eigenvalue weighted by Crippen LogP contribution is 2.35. The summed E-state index contributed by atoms with van der Waals surface area (Å²) in [7, 11) is -4.52. The summed E-state index contributed by atoms with van der Waals surface area (Å²) in [5.41, 5.74) is 5.41. The van der Waals surface area contributed by atoms with Crippen molar-refractivity contribution in [3.05, 3.63) is 70.7 Å². The lowest BCUT2D eigenvalue weighted by Crippen LogP contribution is -2.56. The normalized spacial score (nSPS) is 19.5. The minimum absolute atomic E-state index is 0.0781. The first kappa shape index (κ1) is 27.9. The molecule has 11 heteroatoms. The van der Waals surface area contributed by atoms with Crippen LogP contribution in [0, 0.1) is 0 Å². The predicted octanol–water partition coefficient (Wildman–Crippen LogP) is 4.92. The molecular weight excluding hydrogens is 592 g/mol. The number of hydrogen-bond donors (Lipinski definition) is 2. The molecule has 3 aromatic carbocycles. The number of amides is 1. The SMILES string of the molecule is N[C@H]1CCN(C(=O)[C@@H](NS(=O)(=O)c2ccc3cc(OC4CCCC4)ccc3c2)C(F)(F)c2ccc(Br)cc2)C1. The first-order valence-electron chi connectivity index (χ1n) is 12.9. The highest BCUT2D eigenvalue weighted by molar-refractivity contribution is 9.10. The van der Waals surface area contributed by atoms with Crippen molar-refractivity contribution < 1.29 is 26.7 Å². The summed E-state index contributed by atoms with van der Waals surface area (Å²) in [5.74, 6) is -4.15. The maximum Gasteiger partial charge on any atom is 0.298 e. The zero-order valence-corrected chi connectivity index (χ0v) is 23.6. The number of rotatable bonds is 8. The first-order chi connectivity index (χ1) is 18.5. The van der Waals surface area contributed by atoms with Crippen molar-refractivity contribution in [2.45, 2.75) is 61.1 Å². The van der Waals surface area contributed by atoms with Gasteiger partial charge in [-0.1, -0.05) is 40.2 Å². The van der Waals surface area contributed by atoms with Crippen LogP contribution in [0.3, 0.4) is 0 Å². The maximum absolute atomic E-state index is 15.8. The summed E-state index contributed by atoms with van der Waals surface area (Å²) >= 11 is 3.21. The fourth-order valence-electron chi connectivity index (χ4n) is 5.15. The van der Waals surface area contributed by atoms with E-state index in [4.69, 9.17) is 10.5 Å². The molecule has 0 radical (unpaired) electrons. The van der Waals surface area contributed by atoms with Gasteiger partial charge in [0.2, 0.25) is 15.9 Å². The van der Waals surface area contributed by atoms with Crippen molar-refractivity contribution >= 4 is 42.6 Å². The van der Waals surface area contributed by atoms with Gasteiger partial charge in [0.05, 0.1) is 11.0 Å². The van der Waals surface area contributed by atoms with Gasteiger partial charge in [0, 0.05) is 29.2 Å². The molecular formula is C28H30BrF2N3O4S. The van der Waals surface area contributed by atoms with Crippen LogP contribution in [0.15, 0.2) is 70.0 Å². The molecule has 0 bridgehead atoms. The van der Waals surface area contributed by atoms with Crippen molar-refractivity contribution in [2.24, 2.45) is 5.73 Å². The number of fused-ring (bicyclic) bond motifs is 1. The van der Waals surface area contributed by atoms with Crippen LogP contribution >= 0.6 is 15.9 Å².